The first-order valence-corrected chi connectivity index (χ1v) is 7.64. The lowest BCUT2D eigenvalue weighted by Crippen LogP contribution is -2.41. The predicted octanol–water partition coefficient (Wildman–Crippen LogP) is 3.05. The van der Waals surface area contributed by atoms with E-state index < -0.39 is 6.10 Å². The van der Waals surface area contributed by atoms with Crippen LogP contribution in [-0.4, -0.2) is 30.5 Å². The van der Waals surface area contributed by atoms with E-state index in [9.17, 15) is 5.11 Å². The molecule has 4 nitrogen and oxygen atoms in total. The van der Waals surface area contributed by atoms with Crippen LogP contribution in [0.25, 0.3) is 11.0 Å². The molecule has 2 aliphatic heterocycles. The van der Waals surface area contributed by atoms with Gasteiger partial charge in [0.1, 0.15) is 17.4 Å². The van der Waals surface area contributed by atoms with Gasteiger partial charge in [-0.25, -0.2) is 0 Å². The van der Waals surface area contributed by atoms with Crippen LogP contribution < -0.4 is 0 Å². The number of hydrogen-bond acceptors (Lipinski definition) is 4. The van der Waals surface area contributed by atoms with Crippen molar-refractivity contribution in [3.63, 3.8) is 0 Å². The van der Waals surface area contributed by atoms with Crippen molar-refractivity contribution in [3.05, 3.63) is 36.1 Å². The number of furan rings is 1. The monoisotopic (exact) mass is 288 g/mol. The third-order valence-electron chi connectivity index (χ3n) is 4.78. The van der Waals surface area contributed by atoms with E-state index in [4.69, 9.17) is 13.9 Å². The molecule has 0 bridgehead atoms. The Kier molecular flexibility index (Phi) is 3.25. The van der Waals surface area contributed by atoms with Gasteiger partial charge in [0.25, 0.3) is 0 Å². The van der Waals surface area contributed by atoms with E-state index in [1.165, 1.54) is 0 Å². The minimum absolute atomic E-state index is 0.168. The highest BCUT2D eigenvalue weighted by Gasteiger charge is 2.43. The van der Waals surface area contributed by atoms with E-state index >= 15 is 0 Å². The third kappa shape index (κ3) is 2.37. The van der Waals surface area contributed by atoms with Crippen molar-refractivity contribution in [1.82, 2.24) is 0 Å². The van der Waals surface area contributed by atoms with E-state index in [1.807, 2.05) is 30.3 Å². The second-order valence-electron chi connectivity index (χ2n) is 6.22. The maximum absolute atomic E-state index is 10.7. The minimum atomic E-state index is -0.571. The molecule has 0 amide bonds. The fraction of sp³-hybridized carbons (Fsp3) is 0.529. The maximum Gasteiger partial charge on any atom is 0.134 e. The summed E-state index contributed by atoms with van der Waals surface area (Å²) in [5.74, 6) is 0.832. The zero-order valence-electron chi connectivity index (χ0n) is 12.0. The molecule has 4 rings (SSSR count). The van der Waals surface area contributed by atoms with Crippen LogP contribution in [0.5, 0.6) is 0 Å². The van der Waals surface area contributed by atoms with Gasteiger partial charge in [-0.1, -0.05) is 18.2 Å². The minimum Gasteiger partial charge on any atom is -0.458 e. The van der Waals surface area contributed by atoms with Gasteiger partial charge in [-0.2, -0.15) is 0 Å². The Morgan fingerprint density at radius 1 is 1.24 bits per heavy atom. The van der Waals surface area contributed by atoms with Crippen molar-refractivity contribution in [1.29, 1.82) is 0 Å². The molecular weight excluding hydrogens is 268 g/mol. The highest BCUT2D eigenvalue weighted by atomic mass is 16.6. The van der Waals surface area contributed by atoms with Gasteiger partial charge in [-0.05, 0) is 30.9 Å². The maximum atomic E-state index is 10.7. The fourth-order valence-electron chi connectivity index (χ4n) is 3.58. The van der Waals surface area contributed by atoms with Crippen LogP contribution in [0.1, 0.15) is 31.1 Å². The molecule has 1 N–H and O–H groups in total. The van der Waals surface area contributed by atoms with Crippen LogP contribution in [0.2, 0.25) is 0 Å². The zero-order chi connectivity index (χ0) is 14.3. The van der Waals surface area contributed by atoms with Gasteiger partial charge < -0.3 is 19.0 Å². The molecule has 3 heterocycles. The summed E-state index contributed by atoms with van der Waals surface area (Å²) in [6.07, 6.45) is 2.06. The standard InChI is InChI=1S/C17H20O4/c18-16(15-9-12-3-1-2-4-14(12)21-15)13-5-7-20-17(10-13)6-8-19-11-17/h1-4,9,13,16,18H,5-8,10-11H2. The Balaban J connectivity index is 1.57. The molecule has 1 aromatic heterocycles. The number of fused-ring (bicyclic) bond motifs is 1. The van der Waals surface area contributed by atoms with Crippen LogP contribution >= 0.6 is 0 Å². The number of aliphatic hydroxyl groups excluding tert-OH is 1. The second-order valence-corrected chi connectivity index (χ2v) is 6.22. The number of hydrogen-bond donors (Lipinski definition) is 1. The van der Waals surface area contributed by atoms with Crippen molar-refractivity contribution in [3.8, 4) is 0 Å². The molecule has 0 aliphatic carbocycles. The summed E-state index contributed by atoms with van der Waals surface area (Å²) in [4.78, 5) is 0. The second kappa shape index (κ2) is 5.13. The molecule has 1 aromatic carbocycles. The third-order valence-corrected chi connectivity index (χ3v) is 4.78. The number of benzene rings is 1. The summed E-state index contributed by atoms with van der Waals surface area (Å²) < 4.78 is 17.2. The van der Waals surface area contributed by atoms with Gasteiger partial charge in [0.15, 0.2) is 0 Å². The van der Waals surface area contributed by atoms with E-state index in [-0.39, 0.29) is 11.5 Å². The van der Waals surface area contributed by atoms with Crippen molar-refractivity contribution in [2.24, 2.45) is 5.92 Å². The lowest BCUT2D eigenvalue weighted by atomic mass is 9.81. The number of aliphatic hydroxyl groups is 1. The molecule has 1 spiro atoms. The quantitative estimate of drug-likeness (QED) is 0.922. The summed E-state index contributed by atoms with van der Waals surface area (Å²) in [7, 11) is 0. The van der Waals surface area contributed by atoms with Gasteiger partial charge in [0.05, 0.1) is 12.2 Å². The smallest absolute Gasteiger partial charge is 0.134 e. The lowest BCUT2D eigenvalue weighted by molar-refractivity contribution is -0.119. The van der Waals surface area contributed by atoms with Crippen LogP contribution in [-0.2, 0) is 9.47 Å². The lowest BCUT2D eigenvalue weighted by Gasteiger charge is -2.38. The van der Waals surface area contributed by atoms with Crippen LogP contribution in [0.4, 0.5) is 0 Å². The summed E-state index contributed by atoms with van der Waals surface area (Å²) >= 11 is 0. The van der Waals surface area contributed by atoms with E-state index in [0.29, 0.717) is 19.0 Å². The van der Waals surface area contributed by atoms with Crippen molar-refractivity contribution in [2.75, 3.05) is 19.8 Å². The molecule has 2 saturated heterocycles. The van der Waals surface area contributed by atoms with Crippen molar-refractivity contribution < 1.29 is 19.0 Å². The number of ether oxygens (including phenoxy) is 2. The highest BCUT2D eigenvalue weighted by molar-refractivity contribution is 5.77. The highest BCUT2D eigenvalue weighted by Crippen LogP contribution is 2.41. The van der Waals surface area contributed by atoms with E-state index in [2.05, 4.69) is 0 Å². The van der Waals surface area contributed by atoms with Gasteiger partial charge in [0, 0.05) is 25.0 Å². The fourth-order valence-corrected chi connectivity index (χ4v) is 3.58. The average Bonchev–Trinajstić information content (AvgIpc) is 3.13. The molecule has 0 radical (unpaired) electrons. The summed E-state index contributed by atoms with van der Waals surface area (Å²) in [6, 6.07) is 9.81. The number of para-hydroxylation sites is 1. The van der Waals surface area contributed by atoms with Crippen molar-refractivity contribution >= 4 is 11.0 Å². The molecular formula is C17H20O4. The molecule has 3 unspecified atom stereocenters. The first-order valence-electron chi connectivity index (χ1n) is 7.64. The normalized spacial score (nSPS) is 31.0. The molecule has 4 heteroatoms. The molecule has 21 heavy (non-hydrogen) atoms. The summed E-state index contributed by atoms with van der Waals surface area (Å²) in [6.45, 7) is 2.09. The zero-order valence-corrected chi connectivity index (χ0v) is 12.0. The Morgan fingerprint density at radius 3 is 2.95 bits per heavy atom. The Hall–Kier alpha value is -1.36. The van der Waals surface area contributed by atoms with Gasteiger partial charge in [0.2, 0.25) is 0 Å². The summed E-state index contributed by atoms with van der Waals surface area (Å²) in [5.41, 5.74) is 0.646. The van der Waals surface area contributed by atoms with Gasteiger partial charge >= 0.3 is 0 Å². The van der Waals surface area contributed by atoms with Gasteiger partial charge in [-0.15, -0.1) is 0 Å². The van der Waals surface area contributed by atoms with E-state index in [1.54, 1.807) is 0 Å². The van der Waals surface area contributed by atoms with Crippen LogP contribution in [0.15, 0.2) is 34.7 Å². The molecule has 2 aromatic rings. The Bertz CT molecular complexity index is 594. The first-order chi connectivity index (χ1) is 10.3. The van der Waals surface area contributed by atoms with Gasteiger partial charge in [-0.3, -0.25) is 0 Å². The first kappa shape index (κ1) is 13.3. The molecule has 3 atom stereocenters. The molecule has 2 aliphatic rings. The average molecular weight is 288 g/mol. The van der Waals surface area contributed by atoms with Crippen LogP contribution in [0.3, 0.4) is 0 Å². The topological polar surface area (TPSA) is 51.8 Å². The summed E-state index contributed by atoms with van der Waals surface area (Å²) in [5, 5.41) is 11.7. The van der Waals surface area contributed by atoms with Crippen LogP contribution in [0, 0.1) is 5.92 Å². The molecule has 112 valence electrons. The Labute approximate surface area is 123 Å². The molecule has 0 saturated carbocycles. The number of rotatable bonds is 2. The predicted molar refractivity (Wildman–Crippen MR) is 78.0 cm³/mol. The van der Waals surface area contributed by atoms with E-state index in [0.717, 1.165) is 36.8 Å². The largest absolute Gasteiger partial charge is 0.458 e. The Morgan fingerprint density at radius 2 is 2.14 bits per heavy atom. The van der Waals surface area contributed by atoms with Crippen molar-refractivity contribution in [2.45, 2.75) is 31.0 Å². The SMILES string of the molecule is OC(c1cc2ccccc2o1)C1CCOC2(CCOC2)C1. The molecule has 2 fully saturated rings.